The monoisotopic (exact) mass is 117 g/mol. The summed E-state index contributed by atoms with van der Waals surface area (Å²) in [5, 5.41) is 0. The van der Waals surface area contributed by atoms with Gasteiger partial charge in [0.05, 0.1) is 0 Å². The van der Waals surface area contributed by atoms with Crippen molar-refractivity contribution in [3.8, 4) is 0 Å². The molecule has 0 saturated heterocycles. The zero-order valence-corrected chi connectivity index (χ0v) is 6.96. The van der Waals surface area contributed by atoms with Crippen LogP contribution in [0.1, 0.15) is 1.43 Å². The van der Waals surface area contributed by atoms with Crippen LogP contribution in [-0.4, -0.2) is 0 Å². The molecule has 0 heterocycles. The average Bonchev–Trinajstić information content (AvgIpc) is 1.69. The van der Waals surface area contributed by atoms with Crippen LogP contribution in [-0.2, 0) is 0 Å². The average molecular weight is 117 g/mol. The van der Waals surface area contributed by atoms with Gasteiger partial charge in [-0.15, -0.1) is 0 Å². The fourth-order valence-electron chi connectivity index (χ4n) is 0.453. The molecule has 1 aromatic rings. The van der Waals surface area contributed by atoms with E-state index in [4.69, 9.17) is 5.73 Å². The number of hydrogen-bond acceptors (Lipinski definition) is 1. The van der Waals surface area contributed by atoms with Crippen LogP contribution in [0.5, 0.6) is 0 Å². The quantitative estimate of drug-likeness (QED) is 0.321. The Morgan fingerprint density at radius 1 is 1.12 bits per heavy atom. The standard InChI is InChI=1S/C6H7N.Na.H/c7-6-4-2-1-3-5-6;;/h1-5H,7H2;;/q;+1;-1. The van der Waals surface area contributed by atoms with Gasteiger partial charge in [-0.2, -0.15) is 0 Å². The zero-order chi connectivity index (χ0) is 5.11. The van der Waals surface area contributed by atoms with Gasteiger partial charge in [0.15, 0.2) is 0 Å². The second-order valence-corrected chi connectivity index (χ2v) is 1.41. The molecule has 38 valence electrons. The largest absolute Gasteiger partial charge is 1.00 e. The maximum atomic E-state index is 5.36. The summed E-state index contributed by atoms with van der Waals surface area (Å²) in [5.74, 6) is 0. The first-order valence-electron chi connectivity index (χ1n) is 2.20. The van der Waals surface area contributed by atoms with Crippen molar-refractivity contribution in [2.75, 3.05) is 5.73 Å². The Morgan fingerprint density at radius 3 is 1.88 bits per heavy atom. The van der Waals surface area contributed by atoms with Crippen LogP contribution in [0.4, 0.5) is 5.69 Å². The first kappa shape index (κ1) is 8.02. The van der Waals surface area contributed by atoms with Crippen LogP contribution in [0.3, 0.4) is 0 Å². The van der Waals surface area contributed by atoms with E-state index >= 15 is 0 Å². The van der Waals surface area contributed by atoms with E-state index in [0.29, 0.717) is 0 Å². The van der Waals surface area contributed by atoms with Gasteiger partial charge in [0.1, 0.15) is 0 Å². The zero-order valence-electron chi connectivity index (χ0n) is 5.96. The minimum absolute atomic E-state index is 0. The molecular formula is C6H8NNa. The molecule has 0 aliphatic carbocycles. The van der Waals surface area contributed by atoms with Gasteiger partial charge in [-0.25, -0.2) is 0 Å². The number of para-hydroxylation sites is 1. The first-order valence-corrected chi connectivity index (χ1v) is 2.20. The van der Waals surface area contributed by atoms with Crippen molar-refractivity contribution in [1.82, 2.24) is 0 Å². The number of nitrogen functional groups attached to an aromatic ring is 1. The van der Waals surface area contributed by atoms with Crippen molar-refractivity contribution < 1.29 is 31.0 Å². The molecule has 2 heteroatoms. The van der Waals surface area contributed by atoms with E-state index in [2.05, 4.69) is 0 Å². The Morgan fingerprint density at radius 2 is 1.62 bits per heavy atom. The Bertz CT molecular complexity index is 143. The normalized spacial score (nSPS) is 7.50. The Labute approximate surface area is 72.7 Å². The Balaban J connectivity index is 0. The van der Waals surface area contributed by atoms with Crippen LogP contribution >= 0.6 is 0 Å². The Kier molecular flexibility index (Phi) is 3.97. The molecule has 0 spiro atoms. The van der Waals surface area contributed by atoms with Gasteiger partial charge in [-0.3, -0.25) is 0 Å². The third-order valence-electron chi connectivity index (χ3n) is 0.800. The number of nitrogens with two attached hydrogens (primary N) is 1. The minimum atomic E-state index is 0. The maximum Gasteiger partial charge on any atom is 1.00 e. The summed E-state index contributed by atoms with van der Waals surface area (Å²) in [6.07, 6.45) is 0. The summed E-state index contributed by atoms with van der Waals surface area (Å²) in [6.45, 7) is 0. The third kappa shape index (κ3) is 2.36. The number of rotatable bonds is 0. The van der Waals surface area contributed by atoms with Gasteiger partial charge in [0, 0.05) is 5.69 Å². The molecular weight excluding hydrogens is 109 g/mol. The molecule has 0 bridgehead atoms. The summed E-state index contributed by atoms with van der Waals surface area (Å²) < 4.78 is 0. The SMILES string of the molecule is Nc1ccccc1.[H-].[Na+]. The van der Waals surface area contributed by atoms with E-state index in [-0.39, 0.29) is 31.0 Å². The fourth-order valence-corrected chi connectivity index (χ4v) is 0.453. The number of hydrogen-bond donors (Lipinski definition) is 1. The van der Waals surface area contributed by atoms with E-state index < -0.39 is 0 Å². The van der Waals surface area contributed by atoms with Crippen molar-refractivity contribution in [2.45, 2.75) is 0 Å². The van der Waals surface area contributed by atoms with Crippen molar-refractivity contribution in [3.63, 3.8) is 0 Å². The van der Waals surface area contributed by atoms with Gasteiger partial charge >= 0.3 is 29.6 Å². The molecule has 0 atom stereocenters. The molecule has 0 amide bonds. The van der Waals surface area contributed by atoms with Crippen LogP contribution < -0.4 is 35.3 Å². The Hall–Kier alpha value is 0.0200. The van der Waals surface area contributed by atoms with Crippen molar-refractivity contribution in [2.24, 2.45) is 0 Å². The summed E-state index contributed by atoms with van der Waals surface area (Å²) in [6, 6.07) is 9.49. The summed E-state index contributed by atoms with van der Waals surface area (Å²) in [4.78, 5) is 0. The number of benzene rings is 1. The molecule has 2 N–H and O–H groups in total. The van der Waals surface area contributed by atoms with Gasteiger partial charge in [0.2, 0.25) is 0 Å². The van der Waals surface area contributed by atoms with Crippen LogP contribution in [0.2, 0.25) is 0 Å². The molecule has 1 aromatic carbocycles. The molecule has 0 aliphatic rings. The molecule has 1 nitrogen and oxygen atoms in total. The molecule has 0 unspecified atom stereocenters. The molecule has 0 aromatic heterocycles. The second-order valence-electron chi connectivity index (χ2n) is 1.41. The maximum absolute atomic E-state index is 5.36. The van der Waals surface area contributed by atoms with E-state index in [1.807, 2.05) is 30.3 Å². The fraction of sp³-hybridized carbons (Fsp3) is 0. The van der Waals surface area contributed by atoms with Gasteiger partial charge < -0.3 is 7.16 Å². The van der Waals surface area contributed by atoms with Crippen LogP contribution in [0.25, 0.3) is 0 Å². The van der Waals surface area contributed by atoms with Crippen molar-refractivity contribution in [3.05, 3.63) is 30.3 Å². The first-order chi connectivity index (χ1) is 3.39. The van der Waals surface area contributed by atoms with Crippen LogP contribution in [0.15, 0.2) is 30.3 Å². The molecule has 0 fully saturated rings. The number of anilines is 1. The second kappa shape index (κ2) is 3.96. The van der Waals surface area contributed by atoms with E-state index in [9.17, 15) is 0 Å². The van der Waals surface area contributed by atoms with Gasteiger partial charge in [0.25, 0.3) is 0 Å². The van der Waals surface area contributed by atoms with E-state index in [1.54, 1.807) is 0 Å². The summed E-state index contributed by atoms with van der Waals surface area (Å²) >= 11 is 0. The van der Waals surface area contributed by atoms with E-state index in [0.717, 1.165) is 5.69 Å². The molecule has 0 saturated carbocycles. The van der Waals surface area contributed by atoms with Gasteiger partial charge in [-0.05, 0) is 12.1 Å². The minimum Gasteiger partial charge on any atom is -1.00 e. The predicted octanol–water partition coefficient (Wildman–Crippen LogP) is -1.61. The molecule has 1 rings (SSSR count). The van der Waals surface area contributed by atoms with Crippen LogP contribution in [0, 0.1) is 0 Å². The third-order valence-corrected chi connectivity index (χ3v) is 0.800. The van der Waals surface area contributed by atoms with Gasteiger partial charge in [-0.1, -0.05) is 18.2 Å². The van der Waals surface area contributed by atoms with E-state index in [1.165, 1.54) is 0 Å². The summed E-state index contributed by atoms with van der Waals surface area (Å²) in [7, 11) is 0. The topological polar surface area (TPSA) is 26.0 Å². The summed E-state index contributed by atoms with van der Waals surface area (Å²) in [5.41, 5.74) is 6.18. The molecule has 0 radical (unpaired) electrons. The predicted molar refractivity (Wildman–Crippen MR) is 32.0 cm³/mol. The molecule has 8 heavy (non-hydrogen) atoms. The van der Waals surface area contributed by atoms with Crippen molar-refractivity contribution >= 4 is 5.69 Å². The smallest absolute Gasteiger partial charge is 1.00 e. The van der Waals surface area contributed by atoms with Crippen molar-refractivity contribution in [1.29, 1.82) is 0 Å². The molecule has 0 aliphatic heterocycles.